The number of hydrazine groups is 1. The second kappa shape index (κ2) is 20.7. The third-order valence-electron chi connectivity index (χ3n) is 2.89. The van der Waals surface area contributed by atoms with Gasteiger partial charge in [-0.15, -0.1) is 0 Å². The van der Waals surface area contributed by atoms with Crippen LogP contribution in [0.25, 0.3) is 0 Å². The van der Waals surface area contributed by atoms with Crippen LogP contribution in [0.1, 0.15) is 20.8 Å². The lowest BCUT2D eigenvalue weighted by molar-refractivity contribution is -0.0151. The molecule has 0 fully saturated rings. The lowest BCUT2D eigenvalue weighted by Gasteiger charge is -2.27. The first-order chi connectivity index (χ1) is 13.3. The number of aliphatic hydroxyl groups excluding tert-OH is 2. The van der Waals surface area contributed by atoms with Crippen molar-refractivity contribution in [2.75, 3.05) is 79.3 Å². The van der Waals surface area contributed by atoms with E-state index in [1.54, 1.807) is 20.8 Å². The second-order valence-corrected chi connectivity index (χ2v) is 6.33. The molecule has 0 aromatic carbocycles. The van der Waals surface area contributed by atoms with Crippen LogP contribution in [0.15, 0.2) is 0 Å². The van der Waals surface area contributed by atoms with Crippen LogP contribution in [0.4, 0.5) is 4.79 Å². The Labute approximate surface area is 167 Å². The molecule has 0 aromatic heterocycles. The van der Waals surface area contributed by atoms with Gasteiger partial charge >= 0.3 is 6.09 Å². The smallest absolute Gasteiger partial charge is 0.422 e. The van der Waals surface area contributed by atoms with E-state index in [4.69, 9.17) is 44.8 Å². The van der Waals surface area contributed by atoms with Crippen LogP contribution in [0.2, 0.25) is 0 Å². The summed E-state index contributed by atoms with van der Waals surface area (Å²) in [6.07, 6.45) is -1.11. The Kier molecular flexibility index (Phi) is 21.5. The van der Waals surface area contributed by atoms with Crippen molar-refractivity contribution in [3.05, 3.63) is 0 Å². The molecule has 5 N–H and O–H groups in total. The van der Waals surface area contributed by atoms with Gasteiger partial charge in [0.05, 0.1) is 84.8 Å². The van der Waals surface area contributed by atoms with Crippen molar-refractivity contribution < 1.29 is 43.8 Å². The van der Waals surface area contributed by atoms with Gasteiger partial charge in [0.15, 0.2) is 0 Å². The van der Waals surface area contributed by atoms with E-state index in [1.165, 1.54) is 0 Å². The highest BCUT2D eigenvalue weighted by atomic mass is 16.6. The van der Waals surface area contributed by atoms with Crippen LogP contribution in [0.3, 0.4) is 0 Å². The zero-order chi connectivity index (χ0) is 21.7. The van der Waals surface area contributed by atoms with Crippen molar-refractivity contribution in [3.63, 3.8) is 0 Å². The molecular weight excluding hydrogens is 376 g/mol. The summed E-state index contributed by atoms with van der Waals surface area (Å²) in [5.74, 6) is 5.13. The summed E-state index contributed by atoms with van der Waals surface area (Å²) in [6.45, 7) is 9.97. The van der Waals surface area contributed by atoms with E-state index in [1.807, 2.05) is 0 Å². The van der Waals surface area contributed by atoms with Crippen molar-refractivity contribution in [2.24, 2.45) is 5.84 Å². The van der Waals surface area contributed by atoms with E-state index in [-0.39, 0.29) is 13.2 Å². The van der Waals surface area contributed by atoms with Crippen LogP contribution in [0, 0.1) is 0 Å². The molecule has 11 heteroatoms. The fourth-order valence-corrected chi connectivity index (χ4v) is 1.40. The van der Waals surface area contributed by atoms with Crippen LogP contribution in [0.5, 0.6) is 0 Å². The molecule has 0 rings (SSSR count). The summed E-state index contributed by atoms with van der Waals surface area (Å²) in [7, 11) is 0. The maximum absolute atomic E-state index is 10.1. The Morgan fingerprint density at radius 3 is 1.11 bits per heavy atom. The Balaban J connectivity index is 0. The molecule has 0 radical (unpaired) electrons. The van der Waals surface area contributed by atoms with E-state index in [9.17, 15) is 4.79 Å². The molecule has 0 atom stereocenters. The minimum Gasteiger partial charge on any atom is -0.464 e. The van der Waals surface area contributed by atoms with Gasteiger partial charge in [-0.2, -0.15) is 0 Å². The van der Waals surface area contributed by atoms with Crippen molar-refractivity contribution in [2.45, 2.75) is 26.3 Å². The summed E-state index contributed by atoms with van der Waals surface area (Å²) in [6, 6.07) is 0. The van der Waals surface area contributed by atoms with Crippen molar-refractivity contribution in [1.82, 2.24) is 5.01 Å². The number of nitrogens with two attached hydrogens (primary N) is 1. The lowest BCUT2D eigenvalue weighted by Crippen LogP contribution is -2.49. The molecule has 170 valence electrons. The molecule has 1 amide bonds. The van der Waals surface area contributed by atoms with Crippen molar-refractivity contribution in [3.8, 4) is 0 Å². The van der Waals surface area contributed by atoms with E-state index < -0.39 is 11.6 Å². The van der Waals surface area contributed by atoms with Crippen LogP contribution < -0.4 is 5.84 Å². The first kappa shape index (κ1) is 29.2. The van der Waals surface area contributed by atoms with Gasteiger partial charge in [-0.05, 0) is 20.8 Å². The molecule has 28 heavy (non-hydrogen) atoms. The molecule has 0 saturated carbocycles. The Morgan fingerprint density at radius 2 is 0.964 bits per heavy atom. The van der Waals surface area contributed by atoms with E-state index in [0.29, 0.717) is 66.1 Å². The number of hydrogen-bond donors (Lipinski definition) is 4. The molecule has 0 aliphatic carbocycles. The molecular formula is C17H38N2O9. The summed E-state index contributed by atoms with van der Waals surface area (Å²) in [5.41, 5.74) is -0.508. The van der Waals surface area contributed by atoms with Gasteiger partial charge in [0.25, 0.3) is 0 Å². The molecule has 0 heterocycles. The van der Waals surface area contributed by atoms with Gasteiger partial charge in [0.2, 0.25) is 0 Å². The van der Waals surface area contributed by atoms with Crippen LogP contribution >= 0.6 is 0 Å². The Morgan fingerprint density at radius 1 is 0.714 bits per heavy atom. The largest absolute Gasteiger partial charge is 0.464 e. The third-order valence-corrected chi connectivity index (χ3v) is 2.89. The van der Waals surface area contributed by atoms with Crippen molar-refractivity contribution >= 4 is 6.09 Å². The zero-order valence-electron chi connectivity index (χ0n) is 17.3. The Hall–Kier alpha value is -1.05. The summed E-state index contributed by atoms with van der Waals surface area (Å²) < 4.78 is 25.8. The highest BCUT2D eigenvalue weighted by Gasteiger charge is 2.21. The third kappa shape index (κ3) is 23.0. The molecule has 0 bridgehead atoms. The number of aliphatic hydroxyl groups is 2. The number of carboxylic acid groups (broad SMARTS) is 1. The van der Waals surface area contributed by atoms with Gasteiger partial charge in [0.1, 0.15) is 0 Å². The molecule has 11 nitrogen and oxygen atoms in total. The van der Waals surface area contributed by atoms with Gasteiger partial charge in [-0.25, -0.2) is 15.6 Å². The van der Waals surface area contributed by atoms with E-state index in [0.717, 1.165) is 5.01 Å². The van der Waals surface area contributed by atoms with Gasteiger partial charge < -0.3 is 39.0 Å². The number of carbonyl (C=O) groups is 1. The summed E-state index contributed by atoms with van der Waals surface area (Å²) in [5, 5.41) is 26.0. The van der Waals surface area contributed by atoms with Gasteiger partial charge in [0, 0.05) is 0 Å². The predicted octanol–water partition coefficient (Wildman–Crippen LogP) is -0.307. The molecule has 0 spiro atoms. The number of nitrogens with zero attached hydrogens (tertiary/aromatic N) is 1. The zero-order valence-corrected chi connectivity index (χ0v) is 17.3. The minimum absolute atomic E-state index is 0.0359. The Bertz CT molecular complexity index is 325. The maximum Gasteiger partial charge on any atom is 0.422 e. The monoisotopic (exact) mass is 414 g/mol. The minimum atomic E-state index is -1.11. The standard InChI is InChI=1S/C12H26O7.C5H12N2O2/c13-1-3-15-5-7-17-9-11-19-12-10-18-8-6-16-4-2-14;1-5(2,3)7(6)4(8)9/h13-14H,1-12H2;6H2,1-3H3,(H,8,9). The average molecular weight is 414 g/mol. The molecule has 0 aliphatic heterocycles. The number of rotatable bonds is 16. The fraction of sp³-hybridized carbons (Fsp3) is 0.941. The number of ether oxygens (including phenoxy) is 5. The fourth-order valence-electron chi connectivity index (χ4n) is 1.40. The quantitative estimate of drug-likeness (QED) is 0.114. The first-order valence-corrected chi connectivity index (χ1v) is 9.15. The SMILES string of the molecule is CC(C)(C)N(N)C(=O)O.OCCOCCOCCOCCOCCOCCO. The molecule has 0 aromatic rings. The number of amides is 1. The first-order valence-electron chi connectivity index (χ1n) is 9.15. The highest BCUT2D eigenvalue weighted by molar-refractivity contribution is 5.64. The van der Waals surface area contributed by atoms with E-state index >= 15 is 0 Å². The average Bonchev–Trinajstić information content (AvgIpc) is 2.64. The normalized spacial score (nSPS) is 11.1. The molecule has 0 unspecified atom stereocenters. The van der Waals surface area contributed by atoms with Gasteiger partial charge in [-0.3, -0.25) is 0 Å². The van der Waals surface area contributed by atoms with Crippen molar-refractivity contribution in [1.29, 1.82) is 0 Å². The summed E-state index contributed by atoms with van der Waals surface area (Å²) in [4.78, 5) is 10.1. The maximum atomic E-state index is 10.1. The predicted molar refractivity (Wildman–Crippen MR) is 102 cm³/mol. The van der Waals surface area contributed by atoms with E-state index in [2.05, 4.69) is 0 Å². The van der Waals surface area contributed by atoms with Gasteiger partial charge in [-0.1, -0.05) is 0 Å². The van der Waals surface area contributed by atoms with Crippen LogP contribution in [-0.4, -0.2) is 111 Å². The topological polar surface area (TPSA) is 153 Å². The highest BCUT2D eigenvalue weighted by Crippen LogP contribution is 2.06. The van der Waals surface area contributed by atoms with Crippen LogP contribution in [-0.2, 0) is 23.7 Å². The number of hydrogen-bond acceptors (Lipinski definition) is 9. The summed E-state index contributed by atoms with van der Waals surface area (Å²) >= 11 is 0. The molecule has 0 aliphatic rings. The second-order valence-electron chi connectivity index (χ2n) is 6.33. The lowest BCUT2D eigenvalue weighted by atomic mass is 10.1. The molecule has 0 saturated heterocycles.